The Balaban J connectivity index is 1.95. The molecule has 3 rings (SSSR count). The highest BCUT2D eigenvalue weighted by Crippen LogP contribution is 2.28. The van der Waals surface area contributed by atoms with E-state index in [0.29, 0.717) is 29.5 Å². The van der Waals surface area contributed by atoms with Crippen molar-refractivity contribution in [1.82, 2.24) is 4.98 Å². The third kappa shape index (κ3) is 2.11. The molecule has 1 aliphatic rings. The van der Waals surface area contributed by atoms with Crippen LogP contribution in [0.3, 0.4) is 0 Å². The largest absolute Gasteiger partial charge is 0.338 e. The van der Waals surface area contributed by atoms with Crippen LogP contribution >= 0.6 is 11.3 Å². The molecule has 2 heterocycles. The van der Waals surface area contributed by atoms with Gasteiger partial charge in [-0.2, -0.15) is 0 Å². The monoisotopic (exact) mass is 266 g/mol. The standard InChI is InChI=1S/C11H10N2O2S2/c14-17-10-7-13(5-6-15-10)11-12-8-3-1-2-4-9(8)16-11/h1-4H,5-7H2. The molecule has 6 heteroatoms. The van der Waals surface area contributed by atoms with Gasteiger partial charge in [0.1, 0.15) is 11.3 Å². The maximum Gasteiger partial charge on any atom is 0.186 e. The van der Waals surface area contributed by atoms with Crippen molar-refractivity contribution in [3.8, 4) is 0 Å². The van der Waals surface area contributed by atoms with Crippen LogP contribution in [0.4, 0.5) is 5.13 Å². The van der Waals surface area contributed by atoms with Crippen molar-refractivity contribution in [2.45, 2.75) is 0 Å². The predicted octanol–water partition coefficient (Wildman–Crippen LogP) is 1.48. The first-order valence-electron chi connectivity index (χ1n) is 5.26. The summed E-state index contributed by atoms with van der Waals surface area (Å²) >= 11 is 2.08. The van der Waals surface area contributed by atoms with E-state index in [1.54, 1.807) is 11.3 Å². The van der Waals surface area contributed by atoms with Gasteiger partial charge in [0.15, 0.2) is 10.2 Å². The lowest BCUT2D eigenvalue weighted by atomic mass is 10.3. The highest BCUT2D eigenvalue weighted by atomic mass is 32.1. The predicted molar refractivity (Wildman–Crippen MR) is 70.9 cm³/mol. The van der Waals surface area contributed by atoms with Crippen LogP contribution in [0.25, 0.3) is 10.2 Å². The van der Waals surface area contributed by atoms with Crippen LogP contribution in [0.1, 0.15) is 0 Å². The van der Waals surface area contributed by atoms with Crippen molar-refractivity contribution in [1.29, 1.82) is 0 Å². The summed E-state index contributed by atoms with van der Waals surface area (Å²) in [5.41, 5.74) is 1.01. The second-order valence-corrected chi connectivity index (χ2v) is 5.32. The van der Waals surface area contributed by atoms with Gasteiger partial charge >= 0.3 is 0 Å². The fraction of sp³-hybridized carbons (Fsp3) is 0.273. The van der Waals surface area contributed by atoms with Crippen LogP contribution in [-0.2, 0) is 16.0 Å². The van der Waals surface area contributed by atoms with E-state index in [9.17, 15) is 4.21 Å². The number of fused-ring (bicyclic) bond motifs is 1. The lowest BCUT2D eigenvalue weighted by Crippen LogP contribution is -2.39. The van der Waals surface area contributed by atoms with Gasteiger partial charge in [-0.25, -0.2) is 9.19 Å². The minimum Gasteiger partial charge on any atom is -0.338 e. The van der Waals surface area contributed by atoms with E-state index >= 15 is 0 Å². The Hall–Kier alpha value is -1.24. The molecule has 88 valence electrons. The van der Waals surface area contributed by atoms with Crippen molar-refractivity contribution >= 4 is 43.0 Å². The highest BCUT2D eigenvalue weighted by Gasteiger charge is 2.19. The highest BCUT2D eigenvalue weighted by molar-refractivity contribution is 7.66. The van der Waals surface area contributed by atoms with Crippen LogP contribution in [0, 0.1) is 0 Å². The van der Waals surface area contributed by atoms with E-state index in [2.05, 4.69) is 16.0 Å². The molecular formula is C11H10N2O2S2. The molecule has 1 saturated heterocycles. The molecule has 0 bridgehead atoms. The van der Waals surface area contributed by atoms with Gasteiger partial charge in [-0.05, 0) is 12.1 Å². The minimum atomic E-state index is 0.431. The number of morpholine rings is 1. The van der Waals surface area contributed by atoms with Gasteiger partial charge in [-0.15, -0.1) is 0 Å². The smallest absolute Gasteiger partial charge is 0.186 e. The fourth-order valence-corrected chi connectivity index (χ4v) is 3.09. The zero-order valence-electron chi connectivity index (χ0n) is 8.96. The zero-order chi connectivity index (χ0) is 11.7. The number of para-hydroxylation sites is 1. The lowest BCUT2D eigenvalue weighted by Gasteiger charge is -2.25. The molecule has 0 atom stereocenters. The first kappa shape index (κ1) is 10.9. The van der Waals surface area contributed by atoms with Gasteiger partial charge in [0, 0.05) is 6.54 Å². The van der Waals surface area contributed by atoms with Crippen LogP contribution in [0.2, 0.25) is 0 Å². The number of nitrogens with zero attached hydrogens (tertiary/aromatic N) is 2. The van der Waals surface area contributed by atoms with Crippen molar-refractivity contribution in [2.75, 3.05) is 24.6 Å². The van der Waals surface area contributed by atoms with E-state index in [1.165, 1.54) is 4.70 Å². The Bertz CT molecular complexity index is 571. The average Bonchev–Trinajstić information content (AvgIpc) is 2.82. The third-order valence-corrected chi connectivity index (χ3v) is 4.12. The summed E-state index contributed by atoms with van der Waals surface area (Å²) in [5, 5.41) is 1.48. The Kier molecular flexibility index (Phi) is 2.92. The lowest BCUT2D eigenvalue weighted by molar-refractivity contribution is 0.294. The molecule has 1 fully saturated rings. The maximum absolute atomic E-state index is 10.7. The molecule has 4 nitrogen and oxygen atoms in total. The summed E-state index contributed by atoms with van der Waals surface area (Å²) in [6, 6.07) is 8.05. The summed E-state index contributed by atoms with van der Waals surface area (Å²) in [7, 11) is 0. The van der Waals surface area contributed by atoms with Crippen molar-refractivity contribution in [2.24, 2.45) is 0 Å². The molecule has 0 spiro atoms. The second-order valence-electron chi connectivity index (χ2n) is 3.69. The Morgan fingerprint density at radius 3 is 3.12 bits per heavy atom. The summed E-state index contributed by atoms with van der Waals surface area (Å²) in [5.74, 6) is 0. The second kappa shape index (κ2) is 4.56. The van der Waals surface area contributed by atoms with Gasteiger partial charge in [0.05, 0.1) is 23.4 Å². The zero-order valence-corrected chi connectivity index (χ0v) is 10.6. The van der Waals surface area contributed by atoms with E-state index in [-0.39, 0.29) is 0 Å². The van der Waals surface area contributed by atoms with Crippen molar-refractivity contribution < 1.29 is 8.95 Å². The van der Waals surface area contributed by atoms with Crippen molar-refractivity contribution in [3.05, 3.63) is 24.3 Å². The number of anilines is 1. The molecule has 1 aliphatic heterocycles. The van der Waals surface area contributed by atoms with Gasteiger partial charge in [0.25, 0.3) is 0 Å². The fourth-order valence-electron chi connectivity index (χ4n) is 1.76. The average molecular weight is 266 g/mol. The molecule has 0 radical (unpaired) electrons. The van der Waals surface area contributed by atoms with Gasteiger partial charge in [-0.1, -0.05) is 23.5 Å². The van der Waals surface area contributed by atoms with Crippen molar-refractivity contribution in [3.63, 3.8) is 0 Å². The van der Waals surface area contributed by atoms with Gasteiger partial charge in [-0.3, -0.25) is 0 Å². The molecule has 2 aromatic rings. The number of thiazole rings is 1. The molecule has 17 heavy (non-hydrogen) atoms. The van der Waals surface area contributed by atoms with Crippen LogP contribution < -0.4 is 4.90 Å². The molecular weight excluding hydrogens is 256 g/mol. The quantitative estimate of drug-likeness (QED) is 0.733. The summed E-state index contributed by atoms with van der Waals surface area (Å²) < 4.78 is 17.2. The molecule has 0 unspecified atom stereocenters. The van der Waals surface area contributed by atoms with E-state index in [0.717, 1.165) is 17.2 Å². The first-order chi connectivity index (χ1) is 8.36. The topological polar surface area (TPSA) is 42.4 Å². The third-order valence-electron chi connectivity index (χ3n) is 2.59. The Labute approximate surface area is 106 Å². The summed E-state index contributed by atoms with van der Waals surface area (Å²) in [6.45, 7) is 1.87. The SMILES string of the molecule is O=S=C1CN(c2nc3ccccc3s2)CCO1. The molecule has 0 amide bonds. The number of benzene rings is 1. The summed E-state index contributed by atoms with van der Waals surface area (Å²) in [4.78, 5) is 6.66. The number of rotatable bonds is 1. The molecule has 0 saturated carbocycles. The van der Waals surface area contributed by atoms with Gasteiger partial charge < -0.3 is 9.64 Å². The number of hydrogen-bond acceptors (Lipinski definition) is 5. The van der Waals surface area contributed by atoms with E-state index < -0.39 is 0 Å². The van der Waals surface area contributed by atoms with Crippen LogP contribution in [-0.4, -0.2) is 33.9 Å². The summed E-state index contributed by atoms with van der Waals surface area (Å²) in [6.07, 6.45) is 0. The molecule has 0 N–H and O–H groups in total. The van der Waals surface area contributed by atoms with E-state index in [4.69, 9.17) is 4.74 Å². The maximum atomic E-state index is 10.7. The molecule has 0 aliphatic carbocycles. The Morgan fingerprint density at radius 1 is 1.41 bits per heavy atom. The van der Waals surface area contributed by atoms with Crippen LogP contribution in [0.5, 0.6) is 0 Å². The number of ether oxygens (including phenoxy) is 1. The van der Waals surface area contributed by atoms with Gasteiger partial charge in [0.2, 0.25) is 0 Å². The van der Waals surface area contributed by atoms with E-state index in [1.807, 2.05) is 18.2 Å². The number of aromatic nitrogens is 1. The first-order valence-corrected chi connectivity index (χ1v) is 6.81. The van der Waals surface area contributed by atoms with Crippen LogP contribution in [0.15, 0.2) is 24.3 Å². The molecule has 1 aromatic heterocycles. The Morgan fingerprint density at radius 2 is 2.29 bits per heavy atom. The normalized spacial score (nSPS) is 16.5. The number of hydrogen-bond donors (Lipinski definition) is 0. The minimum absolute atomic E-state index is 0.431. The molecule has 1 aromatic carbocycles.